The molecule has 0 rings (SSSR count). The average molecular weight is 1140 g/mol. The summed E-state index contributed by atoms with van der Waals surface area (Å²) in [5, 5.41) is 0. The van der Waals surface area contributed by atoms with Crippen molar-refractivity contribution in [3.05, 3.63) is 48.6 Å². The van der Waals surface area contributed by atoms with Crippen molar-refractivity contribution >= 4 is 17.9 Å². The zero-order chi connectivity index (χ0) is 58.5. The minimum atomic E-state index is -0.766. The highest BCUT2D eigenvalue weighted by atomic mass is 16.6. The van der Waals surface area contributed by atoms with E-state index < -0.39 is 6.10 Å². The summed E-state index contributed by atoms with van der Waals surface area (Å²) in [6.07, 6.45) is 89.3. The number of ether oxygens (including phenoxy) is 3. The lowest BCUT2D eigenvalue weighted by Crippen LogP contribution is -2.30. The van der Waals surface area contributed by atoms with Crippen molar-refractivity contribution in [2.24, 2.45) is 0 Å². The van der Waals surface area contributed by atoms with Crippen LogP contribution in [-0.4, -0.2) is 37.2 Å². The molecule has 0 spiro atoms. The van der Waals surface area contributed by atoms with Crippen LogP contribution in [-0.2, 0) is 28.6 Å². The van der Waals surface area contributed by atoms with Crippen LogP contribution in [0.2, 0.25) is 0 Å². The number of allylic oxidation sites excluding steroid dienone is 8. The summed E-state index contributed by atoms with van der Waals surface area (Å²) < 4.78 is 16.8. The number of carbonyl (C=O) groups excluding carboxylic acids is 3. The Morgan fingerprint density at radius 3 is 0.753 bits per heavy atom. The van der Waals surface area contributed by atoms with Gasteiger partial charge in [0.2, 0.25) is 0 Å². The second-order valence-electron chi connectivity index (χ2n) is 24.5. The molecular formula is C75H138O6. The highest BCUT2D eigenvalue weighted by molar-refractivity contribution is 5.71. The largest absolute Gasteiger partial charge is 0.462 e. The smallest absolute Gasteiger partial charge is 0.306 e. The first-order valence-electron chi connectivity index (χ1n) is 36.1. The van der Waals surface area contributed by atoms with Crippen LogP contribution in [0.5, 0.6) is 0 Å². The molecule has 6 nitrogen and oxygen atoms in total. The summed E-state index contributed by atoms with van der Waals surface area (Å²) in [5.41, 5.74) is 0. The van der Waals surface area contributed by atoms with Crippen molar-refractivity contribution in [3.63, 3.8) is 0 Å². The molecule has 0 aromatic rings. The monoisotopic (exact) mass is 1140 g/mol. The minimum Gasteiger partial charge on any atom is -0.462 e. The van der Waals surface area contributed by atoms with Gasteiger partial charge < -0.3 is 14.2 Å². The SMILES string of the molecule is CC/C=C\C/C=C\C/C=C\C/C=C\CCCCCCCCCCCCCCCCCCCCC(=O)OCC(COC(=O)CCCCCCC)OC(=O)CCCCCCCCCCCCCCCCCCCCCCCCCCCCC. The summed E-state index contributed by atoms with van der Waals surface area (Å²) in [7, 11) is 0. The van der Waals surface area contributed by atoms with Gasteiger partial charge in [-0.05, 0) is 57.8 Å². The lowest BCUT2D eigenvalue weighted by Gasteiger charge is -2.18. The highest BCUT2D eigenvalue weighted by Crippen LogP contribution is 2.19. The number of hydrogen-bond acceptors (Lipinski definition) is 6. The molecular weight excluding hydrogens is 997 g/mol. The predicted molar refractivity (Wildman–Crippen MR) is 353 cm³/mol. The zero-order valence-electron chi connectivity index (χ0n) is 54.6. The molecule has 0 saturated carbocycles. The van der Waals surface area contributed by atoms with E-state index in [-0.39, 0.29) is 31.1 Å². The number of rotatable bonds is 67. The third-order valence-corrected chi connectivity index (χ3v) is 16.3. The average Bonchev–Trinajstić information content (AvgIpc) is 3.47. The van der Waals surface area contributed by atoms with Crippen LogP contribution < -0.4 is 0 Å². The summed E-state index contributed by atoms with van der Waals surface area (Å²) in [6.45, 7) is 6.52. The molecule has 0 aromatic heterocycles. The fourth-order valence-electron chi connectivity index (χ4n) is 11.0. The molecule has 0 aromatic carbocycles. The number of esters is 3. The molecule has 0 N–H and O–H groups in total. The lowest BCUT2D eigenvalue weighted by molar-refractivity contribution is -0.167. The van der Waals surface area contributed by atoms with Crippen LogP contribution in [0.25, 0.3) is 0 Å². The Morgan fingerprint density at radius 1 is 0.259 bits per heavy atom. The molecule has 474 valence electrons. The van der Waals surface area contributed by atoms with E-state index in [9.17, 15) is 14.4 Å². The van der Waals surface area contributed by atoms with Crippen LogP contribution in [0.4, 0.5) is 0 Å². The standard InChI is InChI=1S/C75H138O6/c1-4-7-10-13-15-17-19-21-23-25-27-29-31-33-35-36-37-38-40-41-43-45-47-49-51-53-55-57-59-62-65-68-74(77)80-71-72(70-79-73(76)67-64-61-12-9-6-3)81-75(78)69-66-63-60-58-56-54-52-50-48-46-44-42-39-34-32-30-28-26-24-22-20-18-16-14-11-8-5-2/h7,10,15,17,21,23,27,29,72H,4-6,8-9,11-14,16,18-20,22,24-26,28,30-71H2,1-3H3/b10-7-,17-15-,23-21-,29-27-. The van der Waals surface area contributed by atoms with Crippen LogP contribution in [0.15, 0.2) is 48.6 Å². The van der Waals surface area contributed by atoms with Gasteiger partial charge in [-0.15, -0.1) is 0 Å². The van der Waals surface area contributed by atoms with Crippen molar-refractivity contribution < 1.29 is 28.6 Å². The zero-order valence-corrected chi connectivity index (χ0v) is 54.6. The third kappa shape index (κ3) is 68.0. The van der Waals surface area contributed by atoms with E-state index in [1.54, 1.807) is 0 Å². The maximum Gasteiger partial charge on any atom is 0.306 e. The van der Waals surface area contributed by atoms with E-state index in [2.05, 4.69) is 69.4 Å². The van der Waals surface area contributed by atoms with Crippen molar-refractivity contribution in [2.45, 2.75) is 399 Å². The van der Waals surface area contributed by atoms with Gasteiger partial charge in [-0.2, -0.15) is 0 Å². The fraction of sp³-hybridized carbons (Fsp3) is 0.853. The Balaban J connectivity index is 3.90. The molecule has 1 unspecified atom stereocenters. The highest BCUT2D eigenvalue weighted by Gasteiger charge is 2.19. The van der Waals surface area contributed by atoms with E-state index in [4.69, 9.17) is 14.2 Å². The normalized spacial score (nSPS) is 12.3. The molecule has 0 aliphatic heterocycles. The molecule has 1 atom stereocenters. The van der Waals surface area contributed by atoms with Gasteiger partial charge in [-0.1, -0.05) is 365 Å². The number of unbranched alkanes of at least 4 members (excludes halogenated alkanes) is 48. The molecule has 0 heterocycles. The van der Waals surface area contributed by atoms with Gasteiger partial charge >= 0.3 is 17.9 Å². The second-order valence-corrected chi connectivity index (χ2v) is 24.5. The third-order valence-electron chi connectivity index (χ3n) is 16.3. The Morgan fingerprint density at radius 2 is 0.481 bits per heavy atom. The Bertz CT molecular complexity index is 1400. The van der Waals surface area contributed by atoms with Gasteiger partial charge in [0.15, 0.2) is 6.10 Å². The van der Waals surface area contributed by atoms with Gasteiger partial charge in [-0.3, -0.25) is 14.4 Å². The van der Waals surface area contributed by atoms with E-state index in [0.29, 0.717) is 19.3 Å². The van der Waals surface area contributed by atoms with E-state index >= 15 is 0 Å². The van der Waals surface area contributed by atoms with Gasteiger partial charge in [0.05, 0.1) is 0 Å². The summed E-state index contributed by atoms with van der Waals surface area (Å²) in [5.74, 6) is -0.854. The van der Waals surface area contributed by atoms with Crippen molar-refractivity contribution in [2.75, 3.05) is 13.2 Å². The lowest BCUT2D eigenvalue weighted by atomic mass is 10.0. The first-order chi connectivity index (χ1) is 40.0. The van der Waals surface area contributed by atoms with Crippen LogP contribution in [0.3, 0.4) is 0 Å². The Labute approximate surface area is 505 Å². The molecule has 0 bridgehead atoms. The van der Waals surface area contributed by atoms with Gasteiger partial charge in [0.1, 0.15) is 13.2 Å². The fourth-order valence-corrected chi connectivity index (χ4v) is 11.0. The van der Waals surface area contributed by atoms with Crippen LogP contribution >= 0.6 is 0 Å². The van der Waals surface area contributed by atoms with E-state index in [1.807, 2.05) is 0 Å². The summed E-state index contributed by atoms with van der Waals surface area (Å²) >= 11 is 0. The molecule has 0 aliphatic carbocycles. The van der Waals surface area contributed by atoms with Crippen molar-refractivity contribution in [1.82, 2.24) is 0 Å². The van der Waals surface area contributed by atoms with E-state index in [1.165, 1.54) is 263 Å². The van der Waals surface area contributed by atoms with Crippen LogP contribution in [0, 0.1) is 0 Å². The molecule has 0 radical (unpaired) electrons. The van der Waals surface area contributed by atoms with Gasteiger partial charge in [0.25, 0.3) is 0 Å². The molecule has 0 aliphatic rings. The second kappa shape index (κ2) is 69.9. The van der Waals surface area contributed by atoms with Crippen LogP contribution in [0.1, 0.15) is 393 Å². The molecule has 81 heavy (non-hydrogen) atoms. The summed E-state index contributed by atoms with van der Waals surface area (Å²) in [6, 6.07) is 0. The predicted octanol–water partition coefficient (Wildman–Crippen LogP) is 24.9. The quantitative estimate of drug-likeness (QED) is 0.0261. The van der Waals surface area contributed by atoms with E-state index in [0.717, 1.165) is 89.9 Å². The van der Waals surface area contributed by atoms with Crippen molar-refractivity contribution in [1.29, 1.82) is 0 Å². The molecule has 0 fully saturated rings. The first-order valence-corrected chi connectivity index (χ1v) is 36.1. The molecule has 0 saturated heterocycles. The van der Waals surface area contributed by atoms with Crippen molar-refractivity contribution in [3.8, 4) is 0 Å². The summed E-state index contributed by atoms with van der Waals surface area (Å²) in [4.78, 5) is 38.0. The van der Waals surface area contributed by atoms with Gasteiger partial charge in [0, 0.05) is 19.3 Å². The Hall–Kier alpha value is -2.63. The maximum absolute atomic E-state index is 12.9. The topological polar surface area (TPSA) is 78.9 Å². The Kier molecular flexibility index (Phi) is 67.6. The minimum absolute atomic E-state index is 0.0670. The number of carbonyl (C=O) groups is 3. The molecule has 0 amide bonds. The number of hydrogen-bond donors (Lipinski definition) is 0. The maximum atomic E-state index is 12.9. The van der Waals surface area contributed by atoms with Gasteiger partial charge in [-0.25, -0.2) is 0 Å². The molecule has 6 heteroatoms. The first kappa shape index (κ1) is 78.4.